The maximum Gasteiger partial charge on any atom is 0.293 e. The number of sulfonamides is 1. The van der Waals surface area contributed by atoms with Crippen LogP contribution < -0.4 is 19.8 Å². The molecule has 0 unspecified atom stereocenters. The average molecular weight is 540 g/mol. The van der Waals surface area contributed by atoms with E-state index < -0.39 is 20.9 Å². The Morgan fingerprint density at radius 1 is 1.11 bits per heavy atom. The predicted molar refractivity (Wildman–Crippen MR) is 141 cm³/mol. The number of rotatable bonds is 9. The van der Waals surface area contributed by atoms with Crippen molar-refractivity contribution in [1.29, 1.82) is 0 Å². The maximum atomic E-state index is 12.8. The molecule has 3 aromatic rings. The first kappa shape index (κ1) is 26.6. The molecular formula is C25H25N5O7S. The van der Waals surface area contributed by atoms with Crippen molar-refractivity contribution in [2.45, 2.75) is 4.90 Å². The summed E-state index contributed by atoms with van der Waals surface area (Å²) in [5.41, 5.74) is 3.53. The molecule has 1 aliphatic heterocycles. The molecule has 0 radical (unpaired) electrons. The lowest BCUT2D eigenvalue weighted by molar-refractivity contribution is -0.384. The van der Waals surface area contributed by atoms with Gasteiger partial charge in [0.1, 0.15) is 11.4 Å². The van der Waals surface area contributed by atoms with E-state index in [4.69, 9.17) is 9.47 Å². The summed E-state index contributed by atoms with van der Waals surface area (Å²) in [5, 5.41) is 15.5. The highest BCUT2D eigenvalue weighted by Crippen LogP contribution is 2.29. The molecule has 12 nitrogen and oxygen atoms in total. The van der Waals surface area contributed by atoms with Crippen LogP contribution in [-0.2, 0) is 14.8 Å². The van der Waals surface area contributed by atoms with Crippen LogP contribution >= 0.6 is 0 Å². The molecule has 38 heavy (non-hydrogen) atoms. The second-order valence-corrected chi connectivity index (χ2v) is 9.85. The zero-order valence-electron chi connectivity index (χ0n) is 20.4. The Kier molecular flexibility index (Phi) is 8.19. The van der Waals surface area contributed by atoms with Gasteiger partial charge in [0, 0.05) is 36.0 Å². The lowest BCUT2D eigenvalue weighted by Gasteiger charge is -2.28. The first-order valence-corrected chi connectivity index (χ1v) is 13.0. The number of hydrogen-bond acceptors (Lipinski definition) is 9. The fraction of sp³-hybridized carbons (Fsp3) is 0.200. The van der Waals surface area contributed by atoms with Gasteiger partial charge in [-0.15, -0.1) is 0 Å². The molecule has 1 heterocycles. The number of nitrogens with zero attached hydrogens (tertiary/aromatic N) is 3. The summed E-state index contributed by atoms with van der Waals surface area (Å²) < 4.78 is 38.4. The summed E-state index contributed by atoms with van der Waals surface area (Å²) in [4.78, 5) is 25.5. The van der Waals surface area contributed by atoms with E-state index in [9.17, 15) is 23.3 Å². The van der Waals surface area contributed by atoms with Crippen LogP contribution in [0.2, 0.25) is 0 Å². The van der Waals surface area contributed by atoms with Crippen molar-refractivity contribution in [3.63, 3.8) is 0 Å². The molecule has 1 fully saturated rings. The Balaban J connectivity index is 1.44. The fourth-order valence-electron chi connectivity index (χ4n) is 3.75. The monoisotopic (exact) mass is 539 g/mol. The first-order chi connectivity index (χ1) is 18.3. The highest BCUT2D eigenvalue weighted by atomic mass is 32.2. The van der Waals surface area contributed by atoms with Crippen molar-refractivity contribution in [3.05, 3.63) is 88.0 Å². The van der Waals surface area contributed by atoms with E-state index in [0.717, 1.165) is 0 Å². The smallest absolute Gasteiger partial charge is 0.293 e. The number of nitrogens with one attached hydrogen (secondary N) is 2. The Hall–Kier alpha value is -4.49. The van der Waals surface area contributed by atoms with E-state index in [1.165, 1.54) is 43.7 Å². The fourth-order valence-corrected chi connectivity index (χ4v) is 4.85. The SMILES string of the molecule is COc1ccc(NS(=O)(=O)c2cccc(C(=O)NN=Cc3ccc(N4CCOCC4)c([N+](=O)[O-])c3)c2)cc1. The molecule has 1 saturated heterocycles. The van der Waals surface area contributed by atoms with Crippen LogP contribution in [0.4, 0.5) is 17.1 Å². The van der Waals surface area contributed by atoms with Gasteiger partial charge in [-0.25, -0.2) is 13.8 Å². The summed E-state index contributed by atoms with van der Waals surface area (Å²) in [6.07, 6.45) is 1.28. The van der Waals surface area contributed by atoms with Crippen LogP contribution in [-0.4, -0.2) is 58.9 Å². The van der Waals surface area contributed by atoms with Crippen molar-refractivity contribution in [1.82, 2.24) is 5.43 Å². The van der Waals surface area contributed by atoms with Crippen LogP contribution in [0.5, 0.6) is 5.75 Å². The number of carbonyl (C=O) groups excluding carboxylic acids is 1. The summed E-state index contributed by atoms with van der Waals surface area (Å²) in [5.74, 6) is -0.0722. The molecule has 0 saturated carbocycles. The molecule has 0 aliphatic carbocycles. The van der Waals surface area contributed by atoms with Crippen LogP contribution in [0.3, 0.4) is 0 Å². The quantitative estimate of drug-likeness (QED) is 0.239. The lowest BCUT2D eigenvalue weighted by atomic mass is 10.1. The third kappa shape index (κ3) is 6.44. The molecule has 0 atom stereocenters. The summed E-state index contributed by atoms with van der Waals surface area (Å²) >= 11 is 0. The van der Waals surface area contributed by atoms with Crippen LogP contribution in [0.1, 0.15) is 15.9 Å². The zero-order chi connectivity index (χ0) is 27.1. The van der Waals surface area contributed by atoms with Crippen LogP contribution in [0, 0.1) is 10.1 Å². The molecule has 1 aliphatic rings. The van der Waals surface area contributed by atoms with E-state index >= 15 is 0 Å². The second kappa shape index (κ2) is 11.7. The minimum Gasteiger partial charge on any atom is -0.497 e. The molecule has 0 aromatic heterocycles. The second-order valence-electron chi connectivity index (χ2n) is 8.17. The summed E-state index contributed by atoms with van der Waals surface area (Å²) in [6.45, 7) is 2.09. The molecule has 0 spiro atoms. The van der Waals surface area contributed by atoms with Crippen molar-refractivity contribution in [2.24, 2.45) is 5.10 Å². The van der Waals surface area contributed by atoms with Crippen molar-refractivity contribution >= 4 is 39.2 Å². The number of anilines is 2. The van der Waals surface area contributed by atoms with Gasteiger partial charge in [0.25, 0.3) is 21.6 Å². The molecule has 4 rings (SSSR count). The van der Waals surface area contributed by atoms with E-state index in [1.807, 2.05) is 4.90 Å². The standard InChI is InChI=1S/C25H25N5O7S/c1-36-21-8-6-20(7-9-21)28-38(34,35)22-4-2-3-19(16-22)25(31)27-26-17-18-5-10-23(24(15-18)30(32)33)29-11-13-37-14-12-29/h2-10,15-17,28H,11-14H2,1H3,(H,27,31). The Morgan fingerprint density at radius 2 is 1.84 bits per heavy atom. The minimum atomic E-state index is -3.96. The maximum absolute atomic E-state index is 12.8. The molecule has 1 amide bonds. The van der Waals surface area contributed by atoms with E-state index in [0.29, 0.717) is 49.0 Å². The number of morpholine rings is 1. The third-order valence-electron chi connectivity index (χ3n) is 5.68. The Morgan fingerprint density at radius 3 is 2.53 bits per heavy atom. The number of benzene rings is 3. The summed E-state index contributed by atoms with van der Waals surface area (Å²) in [7, 11) is -2.46. The zero-order valence-corrected chi connectivity index (χ0v) is 21.2. The molecule has 3 aromatic carbocycles. The van der Waals surface area contributed by atoms with Gasteiger partial charge in [-0.3, -0.25) is 19.6 Å². The predicted octanol–water partition coefficient (Wildman–Crippen LogP) is 3.00. The van der Waals surface area contributed by atoms with Crippen molar-refractivity contribution in [2.75, 3.05) is 43.0 Å². The largest absolute Gasteiger partial charge is 0.497 e. The number of methoxy groups -OCH3 is 1. The topological polar surface area (TPSA) is 152 Å². The molecule has 198 valence electrons. The number of hydrazone groups is 1. The highest BCUT2D eigenvalue weighted by Gasteiger charge is 2.22. The number of carbonyl (C=O) groups is 1. The Labute approximate surface area is 219 Å². The van der Waals surface area contributed by atoms with Crippen LogP contribution in [0.25, 0.3) is 0 Å². The normalized spacial score (nSPS) is 13.8. The van der Waals surface area contributed by atoms with E-state index in [1.54, 1.807) is 36.4 Å². The number of nitro benzene ring substituents is 1. The third-order valence-corrected chi connectivity index (χ3v) is 7.06. The van der Waals surface area contributed by atoms with Crippen molar-refractivity contribution in [3.8, 4) is 5.75 Å². The van der Waals surface area contributed by atoms with Gasteiger partial charge in [0.05, 0.1) is 36.4 Å². The first-order valence-electron chi connectivity index (χ1n) is 11.5. The van der Waals surface area contributed by atoms with Gasteiger partial charge in [-0.2, -0.15) is 5.10 Å². The van der Waals surface area contributed by atoms with Crippen LogP contribution in [0.15, 0.2) is 76.7 Å². The van der Waals surface area contributed by atoms with Gasteiger partial charge >= 0.3 is 0 Å². The molecule has 2 N–H and O–H groups in total. The van der Waals surface area contributed by atoms with Gasteiger partial charge in [-0.05, 0) is 48.5 Å². The van der Waals surface area contributed by atoms with Gasteiger partial charge in [0.15, 0.2) is 0 Å². The molecule has 13 heteroatoms. The number of amides is 1. The Bertz CT molecular complexity index is 1450. The number of nitro groups is 1. The number of hydrogen-bond donors (Lipinski definition) is 2. The van der Waals surface area contributed by atoms with Gasteiger partial charge < -0.3 is 14.4 Å². The molecule has 0 bridgehead atoms. The summed E-state index contributed by atoms with van der Waals surface area (Å²) in [6, 6.07) is 16.5. The molecular weight excluding hydrogens is 514 g/mol. The van der Waals surface area contributed by atoms with Gasteiger partial charge in [0.2, 0.25) is 0 Å². The minimum absolute atomic E-state index is 0.0633. The van der Waals surface area contributed by atoms with E-state index in [2.05, 4.69) is 15.2 Å². The number of ether oxygens (including phenoxy) is 2. The lowest BCUT2D eigenvalue weighted by Crippen LogP contribution is -2.36. The van der Waals surface area contributed by atoms with Gasteiger partial charge in [-0.1, -0.05) is 12.1 Å². The average Bonchev–Trinajstić information content (AvgIpc) is 2.93. The highest BCUT2D eigenvalue weighted by molar-refractivity contribution is 7.92. The van der Waals surface area contributed by atoms with E-state index in [-0.39, 0.29) is 16.1 Å². The van der Waals surface area contributed by atoms with Crippen molar-refractivity contribution < 1.29 is 27.6 Å².